The van der Waals surface area contributed by atoms with Crippen molar-refractivity contribution < 1.29 is 32.8 Å². The zero-order chi connectivity index (χ0) is 27.4. The SMILES string of the molecule is C.CCCCN1CCC(CNC(=O)N2CCC(Nc3ccc([N+](=O)[O-])c(C(F)(F)F)c3)CC2)CC1.O=CO. The van der Waals surface area contributed by atoms with E-state index in [1.54, 1.807) is 4.90 Å². The highest BCUT2D eigenvalue weighted by Gasteiger charge is 2.38. The van der Waals surface area contributed by atoms with Crippen LogP contribution in [-0.2, 0) is 11.0 Å². The van der Waals surface area contributed by atoms with Crippen molar-refractivity contribution in [1.29, 1.82) is 0 Å². The van der Waals surface area contributed by atoms with Gasteiger partial charge in [0, 0.05) is 37.4 Å². The van der Waals surface area contributed by atoms with E-state index < -0.39 is 22.4 Å². The normalized spacial score (nSPS) is 17.0. The fraction of sp³-hybridized carbons (Fsp3) is 0.680. The van der Waals surface area contributed by atoms with E-state index in [0.717, 1.165) is 44.6 Å². The standard InChI is InChI=1S/C23H34F3N5O3.CH2O2.CH4/c1-2-3-10-29-11-6-17(7-12-29)16-27-22(32)30-13-8-18(9-14-30)28-19-4-5-21(31(33)34)20(15-19)23(24,25)26;2-1-3;/h4-5,15,17-18,28H,2-3,6-14,16H2,1H3,(H,27,32);1H,(H,2,3);1H4. The molecule has 0 saturated carbocycles. The van der Waals surface area contributed by atoms with E-state index in [1.807, 2.05) is 0 Å². The molecule has 2 aliphatic heterocycles. The number of piperidine rings is 2. The van der Waals surface area contributed by atoms with Gasteiger partial charge in [-0.25, -0.2) is 4.79 Å². The summed E-state index contributed by atoms with van der Waals surface area (Å²) in [5, 5.41) is 23.9. The average molecular weight is 548 g/mol. The number of carbonyl (C=O) groups is 2. The molecule has 2 fully saturated rings. The molecule has 10 nitrogen and oxygen atoms in total. The highest BCUT2D eigenvalue weighted by molar-refractivity contribution is 5.74. The molecule has 0 unspecified atom stereocenters. The van der Waals surface area contributed by atoms with E-state index in [1.165, 1.54) is 18.9 Å². The Morgan fingerprint density at radius 3 is 2.32 bits per heavy atom. The van der Waals surface area contributed by atoms with Gasteiger partial charge in [0.2, 0.25) is 0 Å². The average Bonchev–Trinajstić information content (AvgIpc) is 2.87. The maximum absolute atomic E-state index is 13.2. The first-order valence-electron chi connectivity index (χ1n) is 12.5. The summed E-state index contributed by atoms with van der Waals surface area (Å²) in [4.78, 5) is 35.0. The molecule has 0 aliphatic carbocycles. The molecule has 1 aromatic carbocycles. The van der Waals surface area contributed by atoms with Crippen LogP contribution in [0.15, 0.2) is 18.2 Å². The quantitative estimate of drug-likeness (QED) is 0.236. The van der Waals surface area contributed by atoms with E-state index >= 15 is 0 Å². The molecule has 2 saturated heterocycles. The maximum Gasteiger partial charge on any atom is 0.423 e. The van der Waals surface area contributed by atoms with Crippen LogP contribution >= 0.6 is 0 Å². The molecule has 0 aromatic heterocycles. The molecule has 0 spiro atoms. The molecule has 2 amide bonds. The van der Waals surface area contributed by atoms with Crippen molar-refractivity contribution in [3.63, 3.8) is 0 Å². The summed E-state index contributed by atoms with van der Waals surface area (Å²) >= 11 is 0. The van der Waals surface area contributed by atoms with Gasteiger partial charge in [-0.05, 0) is 69.8 Å². The minimum atomic E-state index is -4.81. The number of alkyl halides is 3. The van der Waals surface area contributed by atoms with E-state index in [2.05, 4.69) is 22.5 Å². The second-order valence-corrected chi connectivity index (χ2v) is 9.32. The minimum Gasteiger partial charge on any atom is -0.483 e. The van der Waals surface area contributed by atoms with Gasteiger partial charge in [0.25, 0.3) is 12.2 Å². The van der Waals surface area contributed by atoms with Crippen LogP contribution in [-0.4, -0.2) is 77.6 Å². The van der Waals surface area contributed by atoms with Crippen molar-refractivity contribution in [3.8, 4) is 0 Å². The van der Waals surface area contributed by atoms with Crippen LogP contribution in [0.4, 0.5) is 29.3 Å². The fourth-order valence-electron chi connectivity index (χ4n) is 4.61. The molecule has 216 valence electrons. The number of unbranched alkanes of at least 4 members (excludes halogenated alkanes) is 1. The molecule has 0 atom stereocenters. The first-order chi connectivity index (χ1) is 17.6. The number of nitro groups is 1. The summed E-state index contributed by atoms with van der Waals surface area (Å²) in [6.07, 6.45) is 0.956. The number of benzene rings is 1. The summed E-state index contributed by atoms with van der Waals surface area (Å²) in [7, 11) is 0. The van der Waals surface area contributed by atoms with Crippen LogP contribution in [0.2, 0.25) is 0 Å². The predicted octanol–water partition coefficient (Wildman–Crippen LogP) is 5.05. The number of rotatable bonds is 8. The summed E-state index contributed by atoms with van der Waals surface area (Å²) < 4.78 is 39.6. The van der Waals surface area contributed by atoms with Crippen molar-refractivity contribution in [2.75, 3.05) is 44.6 Å². The van der Waals surface area contributed by atoms with Gasteiger partial charge < -0.3 is 25.5 Å². The maximum atomic E-state index is 13.2. The Morgan fingerprint density at radius 2 is 1.79 bits per heavy atom. The Kier molecular flexibility index (Phi) is 13.9. The fourth-order valence-corrected chi connectivity index (χ4v) is 4.61. The second kappa shape index (κ2) is 16.0. The van der Waals surface area contributed by atoms with Crippen molar-refractivity contribution in [2.45, 2.75) is 65.1 Å². The number of anilines is 1. The largest absolute Gasteiger partial charge is 0.483 e. The molecule has 3 N–H and O–H groups in total. The molecule has 0 radical (unpaired) electrons. The highest BCUT2D eigenvalue weighted by Crippen LogP contribution is 2.37. The van der Waals surface area contributed by atoms with Gasteiger partial charge in [0.05, 0.1) is 4.92 Å². The first kappa shape index (κ1) is 32.9. The van der Waals surface area contributed by atoms with Crippen molar-refractivity contribution >= 4 is 23.9 Å². The van der Waals surface area contributed by atoms with Crippen molar-refractivity contribution in [2.24, 2.45) is 5.92 Å². The smallest absolute Gasteiger partial charge is 0.423 e. The molecule has 1 aromatic rings. The summed E-state index contributed by atoms with van der Waals surface area (Å²) in [6.45, 7) is 6.92. The predicted molar refractivity (Wildman–Crippen MR) is 139 cm³/mol. The molecular weight excluding hydrogens is 507 g/mol. The number of likely N-dealkylation sites (tertiary alicyclic amines) is 2. The lowest BCUT2D eigenvalue weighted by molar-refractivity contribution is -0.388. The minimum absolute atomic E-state index is 0. The molecule has 2 aliphatic rings. The van der Waals surface area contributed by atoms with Gasteiger partial charge in [-0.2, -0.15) is 13.2 Å². The molecule has 13 heteroatoms. The van der Waals surface area contributed by atoms with Gasteiger partial charge >= 0.3 is 12.2 Å². The van der Waals surface area contributed by atoms with E-state index in [0.29, 0.717) is 38.4 Å². The number of carbonyl (C=O) groups excluding carboxylic acids is 1. The zero-order valence-electron chi connectivity index (χ0n) is 21.0. The van der Waals surface area contributed by atoms with Crippen LogP contribution in [0.5, 0.6) is 0 Å². The second-order valence-electron chi connectivity index (χ2n) is 9.32. The Labute approximate surface area is 221 Å². The Balaban J connectivity index is 0.00000172. The van der Waals surface area contributed by atoms with Crippen LogP contribution in [0.1, 0.15) is 58.4 Å². The lowest BCUT2D eigenvalue weighted by atomic mass is 9.96. The Bertz CT molecular complexity index is 887. The third-order valence-electron chi connectivity index (χ3n) is 6.73. The van der Waals surface area contributed by atoms with Crippen LogP contribution < -0.4 is 10.6 Å². The zero-order valence-corrected chi connectivity index (χ0v) is 21.0. The van der Waals surface area contributed by atoms with Crippen LogP contribution in [0.3, 0.4) is 0 Å². The highest BCUT2D eigenvalue weighted by atomic mass is 19.4. The number of nitrogens with one attached hydrogen (secondary N) is 2. The summed E-state index contributed by atoms with van der Waals surface area (Å²) in [6, 6.07) is 2.74. The summed E-state index contributed by atoms with van der Waals surface area (Å²) in [5.41, 5.74) is -2.04. The van der Waals surface area contributed by atoms with Gasteiger partial charge in [0.15, 0.2) is 0 Å². The number of hydrogen-bond acceptors (Lipinski definition) is 6. The number of nitro benzene ring substituents is 1. The number of carboxylic acid groups (broad SMARTS) is 1. The number of halogens is 3. The van der Waals surface area contributed by atoms with Gasteiger partial charge in [0.1, 0.15) is 5.56 Å². The first-order valence-corrected chi connectivity index (χ1v) is 12.5. The molecule has 2 heterocycles. The van der Waals surface area contributed by atoms with E-state index in [9.17, 15) is 28.1 Å². The van der Waals surface area contributed by atoms with Gasteiger partial charge in [-0.15, -0.1) is 0 Å². The number of hydrogen-bond donors (Lipinski definition) is 3. The van der Waals surface area contributed by atoms with Crippen molar-refractivity contribution in [1.82, 2.24) is 15.1 Å². The lowest BCUT2D eigenvalue weighted by Crippen LogP contribution is -2.48. The number of amides is 2. The van der Waals surface area contributed by atoms with E-state index in [-0.39, 0.29) is 31.7 Å². The topological polar surface area (TPSA) is 128 Å². The molecule has 3 rings (SSSR count). The Morgan fingerprint density at radius 1 is 1.18 bits per heavy atom. The molecular formula is C25H40F3N5O5. The molecule has 38 heavy (non-hydrogen) atoms. The number of nitrogens with zero attached hydrogens (tertiary/aromatic N) is 3. The Hall–Kier alpha value is -3.09. The molecule has 0 bridgehead atoms. The third-order valence-corrected chi connectivity index (χ3v) is 6.73. The van der Waals surface area contributed by atoms with E-state index in [4.69, 9.17) is 9.90 Å². The third kappa shape index (κ3) is 10.3. The summed E-state index contributed by atoms with van der Waals surface area (Å²) in [5.74, 6) is 0.492. The number of urea groups is 1. The lowest BCUT2D eigenvalue weighted by Gasteiger charge is -2.34. The van der Waals surface area contributed by atoms with Crippen LogP contribution in [0.25, 0.3) is 0 Å². The monoisotopic (exact) mass is 547 g/mol. The van der Waals surface area contributed by atoms with Gasteiger partial charge in [-0.1, -0.05) is 20.8 Å². The van der Waals surface area contributed by atoms with Gasteiger partial charge in [-0.3, -0.25) is 14.9 Å². The van der Waals surface area contributed by atoms with Crippen LogP contribution in [0, 0.1) is 16.0 Å². The van der Waals surface area contributed by atoms with Crippen molar-refractivity contribution in [3.05, 3.63) is 33.9 Å².